The molecule has 1 N–H and O–H groups in total. The van der Waals surface area contributed by atoms with Crippen LogP contribution in [0.15, 0.2) is 41.8 Å². The van der Waals surface area contributed by atoms with Gasteiger partial charge >= 0.3 is 17.9 Å². The number of anilines is 1. The summed E-state index contributed by atoms with van der Waals surface area (Å²) in [6, 6.07) is 6.25. The van der Waals surface area contributed by atoms with Crippen LogP contribution in [0.25, 0.3) is 11.2 Å². The van der Waals surface area contributed by atoms with Gasteiger partial charge in [-0.15, -0.1) is 0 Å². The van der Waals surface area contributed by atoms with Crippen molar-refractivity contribution in [3.8, 4) is 0 Å². The average molecular weight is 548 g/mol. The van der Waals surface area contributed by atoms with Crippen LogP contribution in [-0.4, -0.2) is 70.8 Å². The summed E-state index contributed by atoms with van der Waals surface area (Å²) in [5.41, 5.74) is 1.12. The average Bonchev–Trinajstić information content (AvgIpc) is 3.39. The number of aryl methyl sites for hydroxylation is 1. The van der Waals surface area contributed by atoms with Crippen LogP contribution in [0.5, 0.6) is 0 Å². The van der Waals surface area contributed by atoms with Crippen LogP contribution in [0.3, 0.4) is 0 Å². The van der Waals surface area contributed by atoms with Gasteiger partial charge < -0.3 is 18.9 Å². The van der Waals surface area contributed by atoms with Crippen molar-refractivity contribution in [2.75, 3.05) is 11.3 Å². The summed E-state index contributed by atoms with van der Waals surface area (Å²) in [5.74, 6) is -2.03. The molecule has 1 saturated heterocycles. The molecule has 3 aromatic rings. The van der Waals surface area contributed by atoms with Gasteiger partial charge in [0.05, 0.1) is 11.2 Å². The van der Waals surface area contributed by atoms with Crippen LogP contribution in [0, 0.1) is 6.92 Å². The molecule has 0 saturated carbocycles. The Bertz CT molecular complexity index is 1470. The van der Waals surface area contributed by atoms with Gasteiger partial charge in [0.2, 0.25) is 0 Å². The van der Waals surface area contributed by atoms with E-state index in [1.807, 2.05) is 6.92 Å². The molecule has 15 heteroatoms. The Morgan fingerprint density at radius 3 is 2.26 bits per heavy atom. The maximum atomic E-state index is 12.9. The zero-order valence-electron chi connectivity index (χ0n) is 20.9. The van der Waals surface area contributed by atoms with E-state index in [0.717, 1.165) is 11.9 Å². The van der Waals surface area contributed by atoms with Gasteiger partial charge in [-0.25, -0.2) is 23.4 Å². The molecule has 4 rings (SSSR count). The third-order valence-corrected chi connectivity index (χ3v) is 6.89. The molecule has 0 bridgehead atoms. The molecule has 14 nitrogen and oxygen atoms in total. The first-order chi connectivity index (χ1) is 18.0. The lowest BCUT2D eigenvalue weighted by Crippen LogP contribution is -2.40. The van der Waals surface area contributed by atoms with Gasteiger partial charge in [-0.05, 0) is 19.1 Å². The Labute approximate surface area is 217 Å². The number of rotatable bonds is 8. The van der Waals surface area contributed by atoms with Gasteiger partial charge in [-0.1, -0.05) is 17.7 Å². The first-order valence-electron chi connectivity index (χ1n) is 11.4. The number of carbonyl (C=O) groups excluding carboxylic acids is 3. The van der Waals surface area contributed by atoms with E-state index >= 15 is 0 Å². The number of carbonyl (C=O) groups is 3. The van der Waals surface area contributed by atoms with Crippen LogP contribution in [0.2, 0.25) is 0 Å². The predicted octanol–water partition coefficient (Wildman–Crippen LogP) is 1.26. The van der Waals surface area contributed by atoms with Crippen LogP contribution in [0.1, 0.15) is 32.6 Å². The molecule has 0 unspecified atom stereocenters. The molecule has 1 fully saturated rings. The largest absolute Gasteiger partial charge is 0.463 e. The molecule has 0 aliphatic carbocycles. The number of nitrogens with zero attached hydrogens (tertiary/aromatic N) is 4. The highest BCUT2D eigenvalue weighted by atomic mass is 32.2. The monoisotopic (exact) mass is 547 g/mol. The summed E-state index contributed by atoms with van der Waals surface area (Å²) in [5, 5.41) is 0. The fourth-order valence-corrected chi connectivity index (χ4v) is 4.95. The third kappa shape index (κ3) is 5.73. The standard InChI is InChI=1S/C23H25N5O9S/c1-12-5-7-16(8-6-12)38(32,33)27-21-18-22(25-10-24-21)28(11-26-18)23-20(36-15(4)31)19(35-14(3)30)17(37-23)9-34-13(2)29/h5-8,10-11,17,19-20,23H,9H2,1-4H3,(H,24,25,27)/t17-,19-,20-,23-/m1/s1. The molecule has 1 aliphatic heterocycles. The fraction of sp³-hybridized carbons (Fsp3) is 0.391. The Kier molecular flexibility index (Phi) is 7.59. The quantitative estimate of drug-likeness (QED) is 0.316. The van der Waals surface area contributed by atoms with Gasteiger partial charge in [0, 0.05) is 20.8 Å². The predicted molar refractivity (Wildman–Crippen MR) is 129 cm³/mol. The van der Waals surface area contributed by atoms with Crippen molar-refractivity contribution in [1.82, 2.24) is 19.5 Å². The number of nitrogens with one attached hydrogen (secondary N) is 1. The zero-order chi connectivity index (χ0) is 27.6. The number of hydrogen-bond acceptors (Lipinski definition) is 12. The second-order valence-corrected chi connectivity index (χ2v) is 10.2. The summed E-state index contributed by atoms with van der Waals surface area (Å²) in [4.78, 5) is 47.6. The number of imidazole rings is 1. The maximum Gasteiger partial charge on any atom is 0.303 e. The van der Waals surface area contributed by atoms with E-state index in [1.165, 1.54) is 43.8 Å². The fourth-order valence-electron chi connectivity index (χ4n) is 3.93. The van der Waals surface area contributed by atoms with Crippen molar-refractivity contribution in [3.05, 3.63) is 42.5 Å². The lowest BCUT2D eigenvalue weighted by atomic mass is 10.1. The minimum Gasteiger partial charge on any atom is -0.463 e. The van der Waals surface area contributed by atoms with E-state index in [2.05, 4.69) is 19.7 Å². The molecule has 0 spiro atoms. The van der Waals surface area contributed by atoms with Crippen molar-refractivity contribution in [2.45, 2.75) is 57.1 Å². The summed E-state index contributed by atoms with van der Waals surface area (Å²) >= 11 is 0. The minimum atomic E-state index is -4.00. The Balaban J connectivity index is 1.71. The first-order valence-corrected chi connectivity index (χ1v) is 12.8. The second-order valence-electron chi connectivity index (χ2n) is 8.48. The lowest BCUT2D eigenvalue weighted by molar-refractivity contribution is -0.166. The van der Waals surface area contributed by atoms with Crippen LogP contribution in [-0.2, 0) is 43.4 Å². The number of hydrogen-bond donors (Lipinski definition) is 1. The van der Waals surface area contributed by atoms with Gasteiger partial charge in [-0.2, -0.15) is 0 Å². The summed E-state index contributed by atoms with van der Waals surface area (Å²) < 4.78 is 51.5. The molecule has 2 aromatic heterocycles. The highest BCUT2D eigenvalue weighted by molar-refractivity contribution is 7.92. The maximum absolute atomic E-state index is 12.9. The Morgan fingerprint density at radius 2 is 1.63 bits per heavy atom. The first kappa shape index (κ1) is 26.9. The number of sulfonamides is 1. The van der Waals surface area contributed by atoms with Crippen molar-refractivity contribution < 1.29 is 41.7 Å². The molecular formula is C23H25N5O9S. The van der Waals surface area contributed by atoms with E-state index < -0.39 is 52.5 Å². The van der Waals surface area contributed by atoms with Gasteiger partial charge in [0.15, 0.2) is 35.4 Å². The molecular weight excluding hydrogens is 522 g/mol. The minimum absolute atomic E-state index is 0.0286. The number of aromatic nitrogens is 4. The van der Waals surface area contributed by atoms with E-state index in [4.69, 9.17) is 18.9 Å². The van der Waals surface area contributed by atoms with E-state index in [1.54, 1.807) is 12.1 Å². The molecule has 1 aromatic carbocycles. The van der Waals surface area contributed by atoms with Crippen LogP contribution in [0.4, 0.5) is 5.82 Å². The van der Waals surface area contributed by atoms with Crippen molar-refractivity contribution in [2.24, 2.45) is 0 Å². The molecule has 0 radical (unpaired) electrons. The highest BCUT2D eigenvalue weighted by Gasteiger charge is 2.51. The summed E-state index contributed by atoms with van der Waals surface area (Å²) in [6.07, 6.45) is -1.98. The molecule has 3 heterocycles. The summed E-state index contributed by atoms with van der Waals surface area (Å²) in [6.45, 7) is 5.10. The molecule has 38 heavy (non-hydrogen) atoms. The smallest absolute Gasteiger partial charge is 0.303 e. The number of ether oxygens (including phenoxy) is 4. The normalized spacial score (nSPS) is 21.2. The van der Waals surface area contributed by atoms with Crippen molar-refractivity contribution in [3.63, 3.8) is 0 Å². The molecule has 1 aliphatic rings. The second kappa shape index (κ2) is 10.7. The highest BCUT2D eigenvalue weighted by Crippen LogP contribution is 2.36. The van der Waals surface area contributed by atoms with E-state index in [-0.39, 0.29) is 28.5 Å². The Morgan fingerprint density at radius 1 is 0.974 bits per heavy atom. The topological polar surface area (TPSA) is 178 Å². The molecule has 4 atom stereocenters. The van der Waals surface area contributed by atoms with Crippen molar-refractivity contribution in [1.29, 1.82) is 0 Å². The Hall–Kier alpha value is -4.11. The van der Waals surface area contributed by atoms with Crippen molar-refractivity contribution >= 4 is 44.9 Å². The number of benzene rings is 1. The number of fused-ring (bicyclic) bond motifs is 1. The molecule has 0 amide bonds. The van der Waals surface area contributed by atoms with Gasteiger partial charge in [0.25, 0.3) is 10.0 Å². The van der Waals surface area contributed by atoms with Crippen LogP contribution < -0.4 is 4.72 Å². The summed E-state index contributed by atoms with van der Waals surface area (Å²) in [7, 11) is -4.00. The van der Waals surface area contributed by atoms with E-state index in [0.29, 0.717) is 0 Å². The SMILES string of the molecule is CC(=O)OC[C@H]1O[C@@H](n2cnc3c(NS(=O)(=O)c4ccc(C)cc4)ncnc32)[C@H](OC(C)=O)[C@@H]1OC(C)=O. The van der Waals surface area contributed by atoms with Crippen LogP contribution >= 0.6 is 0 Å². The lowest BCUT2D eigenvalue weighted by Gasteiger charge is -2.23. The third-order valence-electron chi connectivity index (χ3n) is 5.54. The van der Waals surface area contributed by atoms with Gasteiger partial charge in [-0.3, -0.25) is 23.7 Å². The number of esters is 3. The zero-order valence-corrected chi connectivity index (χ0v) is 21.7. The van der Waals surface area contributed by atoms with E-state index in [9.17, 15) is 22.8 Å². The van der Waals surface area contributed by atoms with Gasteiger partial charge in [0.1, 0.15) is 19.0 Å². The molecule has 202 valence electrons.